The molecule has 0 heterocycles. The molecule has 0 saturated carbocycles. The molecule has 0 aliphatic carbocycles. The van der Waals surface area contributed by atoms with Crippen LogP contribution in [0.3, 0.4) is 0 Å². The van der Waals surface area contributed by atoms with E-state index >= 15 is 0 Å². The van der Waals surface area contributed by atoms with Gasteiger partial charge in [0.05, 0.1) is 0 Å². The number of hydrogen-bond donors (Lipinski definition) is 1. The Balaban J connectivity index is 3.75. The molecule has 0 atom stereocenters. The number of hydrogen-bond acceptors (Lipinski definition) is 1. The molecular weight excluding hydrogens is 198 g/mol. The molecule has 0 aliphatic heterocycles. The maximum atomic E-state index is 11.5. The molecule has 0 spiro atoms. The van der Waals surface area contributed by atoms with Crippen molar-refractivity contribution in [2.75, 3.05) is 0 Å². The fraction of sp³-hybridized carbons (Fsp3) is 0.786. The number of carbonyl (C=O) groups excluding carboxylic acids is 1. The Morgan fingerprint density at radius 3 is 2.12 bits per heavy atom. The van der Waals surface area contributed by atoms with Crippen LogP contribution in [-0.2, 0) is 4.79 Å². The van der Waals surface area contributed by atoms with Crippen LogP contribution in [0.5, 0.6) is 0 Å². The van der Waals surface area contributed by atoms with E-state index in [1.165, 1.54) is 0 Å². The van der Waals surface area contributed by atoms with Crippen molar-refractivity contribution < 1.29 is 4.79 Å². The van der Waals surface area contributed by atoms with Crippen LogP contribution in [0.15, 0.2) is 0 Å². The summed E-state index contributed by atoms with van der Waals surface area (Å²) in [7, 11) is 0. The van der Waals surface area contributed by atoms with E-state index < -0.39 is 0 Å². The van der Waals surface area contributed by atoms with Gasteiger partial charge >= 0.3 is 0 Å². The van der Waals surface area contributed by atoms with E-state index in [1.807, 2.05) is 20.8 Å². The number of rotatable bonds is 3. The van der Waals surface area contributed by atoms with Crippen molar-refractivity contribution in [3.8, 4) is 11.8 Å². The first-order valence-corrected chi connectivity index (χ1v) is 5.91. The summed E-state index contributed by atoms with van der Waals surface area (Å²) >= 11 is 0. The lowest BCUT2D eigenvalue weighted by Crippen LogP contribution is -2.40. The second-order valence-corrected chi connectivity index (χ2v) is 6.20. The van der Waals surface area contributed by atoms with Crippen LogP contribution in [0.1, 0.15) is 60.8 Å². The third-order valence-corrected chi connectivity index (χ3v) is 1.68. The fourth-order valence-electron chi connectivity index (χ4n) is 1.15. The van der Waals surface area contributed by atoms with Crippen molar-refractivity contribution in [2.45, 2.75) is 66.3 Å². The smallest absolute Gasteiger partial charge is 0.220 e. The first-order valence-electron chi connectivity index (χ1n) is 5.91. The highest BCUT2D eigenvalue weighted by Crippen LogP contribution is 2.10. The Labute approximate surface area is 100 Å². The second-order valence-electron chi connectivity index (χ2n) is 6.20. The monoisotopic (exact) mass is 223 g/mol. The second kappa shape index (κ2) is 5.94. The first kappa shape index (κ1) is 15.0. The van der Waals surface area contributed by atoms with Gasteiger partial charge in [0, 0.05) is 23.8 Å². The number of carbonyl (C=O) groups is 1. The molecule has 1 amide bonds. The quantitative estimate of drug-likeness (QED) is 0.578. The standard InChI is InChI=1S/C14H25NO/c1-13(2,3)11-9-7-8-10-12(16)15-14(4,5)6/h7-8,10H2,1-6H3,(H,15,16). The summed E-state index contributed by atoms with van der Waals surface area (Å²) < 4.78 is 0. The lowest BCUT2D eigenvalue weighted by atomic mass is 9.98. The van der Waals surface area contributed by atoms with Gasteiger partial charge in [-0.3, -0.25) is 4.79 Å². The van der Waals surface area contributed by atoms with E-state index in [2.05, 4.69) is 37.9 Å². The SMILES string of the molecule is CC(C)(C)C#CCCCC(=O)NC(C)(C)C. The Bertz CT molecular complexity index is 281. The average Bonchev–Trinajstić information content (AvgIpc) is 1.97. The summed E-state index contributed by atoms with van der Waals surface area (Å²) in [6.45, 7) is 12.2. The van der Waals surface area contributed by atoms with E-state index in [-0.39, 0.29) is 16.9 Å². The van der Waals surface area contributed by atoms with Crippen LogP contribution < -0.4 is 5.32 Å². The highest BCUT2D eigenvalue weighted by Gasteiger charge is 2.12. The van der Waals surface area contributed by atoms with Gasteiger partial charge in [0.15, 0.2) is 0 Å². The van der Waals surface area contributed by atoms with Gasteiger partial charge in [-0.15, -0.1) is 5.92 Å². The van der Waals surface area contributed by atoms with E-state index in [9.17, 15) is 4.79 Å². The number of unbranched alkanes of at least 4 members (excludes halogenated alkanes) is 1. The number of amides is 1. The summed E-state index contributed by atoms with van der Waals surface area (Å²) in [5.74, 6) is 6.39. The molecule has 1 N–H and O–H groups in total. The molecule has 0 bridgehead atoms. The highest BCUT2D eigenvalue weighted by molar-refractivity contribution is 5.76. The molecule has 2 nitrogen and oxygen atoms in total. The molecule has 0 saturated heterocycles. The maximum absolute atomic E-state index is 11.5. The van der Waals surface area contributed by atoms with Crippen molar-refractivity contribution in [3.63, 3.8) is 0 Å². The van der Waals surface area contributed by atoms with Crippen molar-refractivity contribution in [1.29, 1.82) is 0 Å². The maximum Gasteiger partial charge on any atom is 0.220 e. The molecule has 0 fully saturated rings. The molecule has 0 radical (unpaired) electrons. The topological polar surface area (TPSA) is 29.1 Å². The van der Waals surface area contributed by atoms with Gasteiger partial charge in [-0.1, -0.05) is 5.92 Å². The van der Waals surface area contributed by atoms with Gasteiger partial charge in [-0.2, -0.15) is 0 Å². The van der Waals surface area contributed by atoms with Crippen LogP contribution in [0.2, 0.25) is 0 Å². The van der Waals surface area contributed by atoms with Gasteiger partial charge < -0.3 is 5.32 Å². The van der Waals surface area contributed by atoms with Crippen LogP contribution in [0.4, 0.5) is 0 Å². The van der Waals surface area contributed by atoms with Crippen molar-refractivity contribution in [2.24, 2.45) is 5.41 Å². The molecule has 0 aromatic rings. The number of nitrogens with one attached hydrogen (secondary N) is 1. The molecule has 0 aliphatic rings. The molecule has 0 aromatic heterocycles. The molecule has 16 heavy (non-hydrogen) atoms. The highest BCUT2D eigenvalue weighted by atomic mass is 16.1. The average molecular weight is 223 g/mol. The van der Waals surface area contributed by atoms with E-state index in [4.69, 9.17) is 0 Å². The summed E-state index contributed by atoms with van der Waals surface area (Å²) in [5.41, 5.74) is -0.0676. The minimum absolute atomic E-state index is 0.0632. The zero-order valence-electron chi connectivity index (χ0n) is 11.5. The predicted molar refractivity (Wildman–Crippen MR) is 69.0 cm³/mol. The van der Waals surface area contributed by atoms with E-state index in [0.717, 1.165) is 12.8 Å². The third kappa shape index (κ3) is 11.1. The molecule has 0 unspecified atom stereocenters. The zero-order chi connectivity index (χ0) is 12.8. The minimum Gasteiger partial charge on any atom is -0.352 e. The summed E-state index contributed by atoms with van der Waals surface area (Å²) in [5, 5.41) is 2.94. The Morgan fingerprint density at radius 2 is 1.69 bits per heavy atom. The zero-order valence-corrected chi connectivity index (χ0v) is 11.5. The van der Waals surface area contributed by atoms with Crippen LogP contribution in [-0.4, -0.2) is 11.4 Å². The molecule has 92 valence electrons. The van der Waals surface area contributed by atoms with Crippen molar-refractivity contribution >= 4 is 5.91 Å². The summed E-state index contributed by atoms with van der Waals surface area (Å²) in [4.78, 5) is 11.5. The van der Waals surface area contributed by atoms with E-state index in [0.29, 0.717) is 6.42 Å². The first-order chi connectivity index (χ1) is 7.10. The third-order valence-electron chi connectivity index (χ3n) is 1.68. The summed E-state index contributed by atoms with van der Waals surface area (Å²) in [6, 6.07) is 0. The lowest BCUT2D eigenvalue weighted by Gasteiger charge is -2.20. The Morgan fingerprint density at radius 1 is 1.12 bits per heavy atom. The van der Waals surface area contributed by atoms with Gasteiger partial charge in [-0.25, -0.2) is 0 Å². The summed E-state index contributed by atoms with van der Waals surface area (Å²) in [6.07, 6.45) is 2.20. The normalized spacial score (nSPS) is 11.6. The van der Waals surface area contributed by atoms with Crippen LogP contribution >= 0.6 is 0 Å². The Hall–Kier alpha value is -0.970. The predicted octanol–water partition coefficient (Wildman–Crippen LogP) is 3.12. The molecule has 0 aromatic carbocycles. The molecular formula is C14H25NO. The Kier molecular flexibility index (Phi) is 5.58. The van der Waals surface area contributed by atoms with Crippen LogP contribution in [0.25, 0.3) is 0 Å². The van der Waals surface area contributed by atoms with Gasteiger partial charge in [0.2, 0.25) is 5.91 Å². The van der Waals surface area contributed by atoms with Crippen molar-refractivity contribution in [1.82, 2.24) is 5.32 Å². The molecule has 0 rings (SSSR count). The van der Waals surface area contributed by atoms with Crippen LogP contribution in [0, 0.1) is 17.3 Å². The van der Waals surface area contributed by atoms with E-state index in [1.54, 1.807) is 0 Å². The van der Waals surface area contributed by atoms with Gasteiger partial charge in [-0.05, 0) is 48.0 Å². The lowest BCUT2D eigenvalue weighted by molar-refractivity contribution is -0.122. The minimum atomic E-state index is -0.131. The molecule has 2 heteroatoms. The van der Waals surface area contributed by atoms with Gasteiger partial charge in [0.25, 0.3) is 0 Å². The largest absolute Gasteiger partial charge is 0.352 e. The van der Waals surface area contributed by atoms with Gasteiger partial charge in [0.1, 0.15) is 0 Å². The van der Waals surface area contributed by atoms with Crippen molar-refractivity contribution in [3.05, 3.63) is 0 Å². The fourth-order valence-corrected chi connectivity index (χ4v) is 1.15.